The van der Waals surface area contributed by atoms with E-state index < -0.39 is 11.6 Å². The van der Waals surface area contributed by atoms with Crippen molar-refractivity contribution in [2.45, 2.75) is 31.2 Å². The molecule has 1 fully saturated rings. The maximum absolute atomic E-state index is 13.6. The van der Waals surface area contributed by atoms with Gasteiger partial charge in [0.25, 0.3) is 0 Å². The quantitative estimate of drug-likeness (QED) is 0.799. The van der Waals surface area contributed by atoms with E-state index in [1.165, 1.54) is 6.07 Å². The summed E-state index contributed by atoms with van der Waals surface area (Å²) in [4.78, 5) is 16.7. The minimum atomic E-state index is -0.858. The predicted octanol–water partition coefficient (Wildman–Crippen LogP) is 3.57. The Balaban J connectivity index is 0.00000182. The Hall–Kier alpha value is -1.76. The lowest BCUT2D eigenvalue weighted by atomic mass is 9.85. The number of carbonyl (C=O) groups is 1. The van der Waals surface area contributed by atoms with Crippen molar-refractivity contribution in [2.24, 2.45) is 0 Å². The molecule has 3 atom stereocenters. The van der Waals surface area contributed by atoms with Crippen molar-refractivity contribution in [1.29, 1.82) is 0 Å². The van der Waals surface area contributed by atoms with Crippen molar-refractivity contribution in [3.05, 3.63) is 65.5 Å². The number of nitrogens with zero attached hydrogens (tertiary/aromatic N) is 1. The van der Waals surface area contributed by atoms with Crippen LogP contribution in [0.25, 0.3) is 0 Å². The van der Waals surface area contributed by atoms with Gasteiger partial charge in [0.1, 0.15) is 0 Å². The molecule has 0 bridgehead atoms. The molecule has 1 aromatic carbocycles. The molecular weight excluding hydrogens is 395 g/mol. The van der Waals surface area contributed by atoms with Crippen molar-refractivity contribution in [1.82, 2.24) is 15.6 Å². The average molecular weight is 418 g/mol. The van der Waals surface area contributed by atoms with Gasteiger partial charge >= 0.3 is 0 Å². The molecule has 1 aliphatic rings. The van der Waals surface area contributed by atoms with Crippen LogP contribution in [0.5, 0.6) is 0 Å². The van der Waals surface area contributed by atoms with Crippen molar-refractivity contribution < 1.29 is 13.6 Å². The second-order valence-corrected chi connectivity index (χ2v) is 6.40. The normalized spacial score (nSPS) is 20.0. The zero-order chi connectivity index (χ0) is 17.8. The van der Waals surface area contributed by atoms with Gasteiger partial charge in [-0.05, 0) is 49.2 Å². The maximum Gasteiger partial charge on any atom is 0.227 e. The number of hydrogen-bond donors (Lipinski definition) is 2. The maximum atomic E-state index is 13.6. The molecule has 0 spiro atoms. The summed E-state index contributed by atoms with van der Waals surface area (Å²) in [6, 6.07) is 7.45. The van der Waals surface area contributed by atoms with Gasteiger partial charge in [-0.2, -0.15) is 0 Å². The standard InChI is InChI=1S/C19H21F2N3O.2ClH/c1-12(14-3-2-7-22-10-14)19(25)24-18-11-23-8-6-15(18)13-4-5-16(20)17(21)9-13;;/h2-5,7,9-10,12,15,18,23H,6,8,11H2,1H3,(H,24,25);2*1H. The van der Waals surface area contributed by atoms with Crippen LogP contribution in [0.1, 0.15) is 36.3 Å². The molecular formula is C19H23Cl2F2N3O. The molecule has 4 nitrogen and oxygen atoms in total. The van der Waals surface area contributed by atoms with E-state index in [0.29, 0.717) is 12.1 Å². The van der Waals surface area contributed by atoms with E-state index >= 15 is 0 Å². The van der Waals surface area contributed by atoms with Gasteiger partial charge in [0.2, 0.25) is 5.91 Å². The highest BCUT2D eigenvalue weighted by Gasteiger charge is 2.29. The van der Waals surface area contributed by atoms with Crippen LogP contribution < -0.4 is 10.6 Å². The van der Waals surface area contributed by atoms with Gasteiger partial charge in [-0.3, -0.25) is 9.78 Å². The third-order valence-corrected chi connectivity index (χ3v) is 4.76. The molecule has 27 heavy (non-hydrogen) atoms. The highest BCUT2D eigenvalue weighted by Crippen LogP contribution is 2.27. The summed E-state index contributed by atoms with van der Waals surface area (Å²) < 4.78 is 26.8. The number of pyridine rings is 1. The van der Waals surface area contributed by atoms with E-state index in [1.807, 2.05) is 13.0 Å². The SMILES string of the molecule is CC(C(=O)NC1CNCCC1c1ccc(F)c(F)c1)c1cccnc1.Cl.Cl. The number of piperidine rings is 1. The van der Waals surface area contributed by atoms with Gasteiger partial charge in [0, 0.05) is 30.9 Å². The Labute approximate surface area is 170 Å². The summed E-state index contributed by atoms with van der Waals surface area (Å²) in [6.45, 7) is 3.19. The predicted molar refractivity (Wildman–Crippen MR) is 106 cm³/mol. The third kappa shape index (κ3) is 5.61. The lowest BCUT2D eigenvalue weighted by Crippen LogP contribution is -2.50. The van der Waals surface area contributed by atoms with Crippen LogP contribution in [-0.2, 0) is 4.79 Å². The monoisotopic (exact) mass is 417 g/mol. The van der Waals surface area contributed by atoms with Crippen molar-refractivity contribution in [3.63, 3.8) is 0 Å². The molecule has 2 aromatic rings. The fourth-order valence-corrected chi connectivity index (χ4v) is 3.24. The second-order valence-electron chi connectivity index (χ2n) is 6.40. The minimum Gasteiger partial charge on any atom is -0.351 e. The first-order valence-corrected chi connectivity index (χ1v) is 8.42. The number of rotatable bonds is 4. The number of halogens is 4. The number of benzene rings is 1. The molecule has 3 rings (SSSR count). The lowest BCUT2D eigenvalue weighted by Gasteiger charge is -2.34. The fraction of sp³-hybridized carbons (Fsp3) is 0.368. The van der Waals surface area contributed by atoms with E-state index in [2.05, 4.69) is 15.6 Å². The third-order valence-electron chi connectivity index (χ3n) is 4.76. The second kappa shape index (κ2) is 10.5. The van der Waals surface area contributed by atoms with Crippen LogP contribution in [0.3, 0.4) is 0 Å². The molecule has 1 aliphatic heterocycles. The number of amides is 1. The largest absolute Gasteiger partial charge is 0.351 e. The number of nitrogens with one attached hydrogen (secondary N) is 2. The van der Waals surface area contributed by atoms with Crippen LogP contribution in [0.15, 0.2) is 42.7 Å². The van der Waals surface area contributed by atoms with Gasteiger partial charge in [-0.25, -0.2) is 8.78 Å². The van der Waals surface area contributed by atoms with E-state index in [4.69, 9.17) is 0 Å². The summed E-state index contributed by atoms with van der Waals surface area (Å²) in [6.07, 6.45) is 4.09. The zero-order valence-corrected chi connectivity index (χ0v) is 16.5. The van der Waals surface area contributed by atoms with Gasteiger partial charge in [0.15, 0.2) is 11.6 Å². The Kier molecular flexibility index (Phi) is 9.09. The first kappa shape index (κ1) is 23.3. The van der Waals surface area contributed by atoms with Crippen LogP contribution in [-0.4, -0.2) is 30.0 Å². The van der Waals surface area contributed by atoms with Crippen LogP contribution in [0, 0.1) is 11.6 Å². The van der Waals surface area contributed by atoms with E-state index in [1.54, 1.807) is 24.5 Å². The number of aromatic nitrogens is 1. The molecule has 3 unspecified atom stereocenters. The average Bonchev–Trinajstić information content (AvgIpc) is 2.64. The molecule has 1 saturated heterocycles. The molecule has 2 N–H and O–H groups in total. The number of hydrogen-bond acceptors (Lipinski definition) is 3. The fourth-order valence-electron chi connectivity index (χ4n) is 3.24. The summed E-state index contributed by atoms with van der Waals surface area (Å²) in [5, 5.41) is 6.30. The Bertz CT molecular complexity index is 749. The van der Waals surface area contributed by atoms with Gasteiger partial charge in [-0.15, -0.1) is 24.8 Å². The first-order valence-electron chi connectivity index (χ1n) is 8.42. The molecule has 8 heteroatoms. The van der Waals surface area contributed by atoms with E-state index in [0.717, 1.165) is 24.6 Å². The minimum absolute atomic E-state index is 0. The summed E-state index contributed by atoms with van der Waals surface area (Å²) in [5.74, 6) is -2.20. The first-order chi connectivity index (χ1) is 12.1. The van der Waals surface area contributed by atoms with Crippen LogP contribution >= 0.6 is 24.8 Å². The van der Waals surface area contributed by atoms with E-state index in [-0.39, 0.29) is 48.6 Å². The number of carbonyl (C=O) groups excluding carboxylic acids is 1. The molecule has 0 radical (unpaired) electrons. The van der Waals surface area contributed by atoms with Gasteiger partial charge in [-0.1, -0.05) is 12.1 Å². The molecule has 2 heterocycles. The topological polar surface area (TPSA) is 54.0 Å². The summed E-state index contributed by atoms with van der Waals surface area (Å²) in [7, 11) is 0. The lowest BCUT2D eigenvalue weighted by molar-refractivity contribution is -0.123. The van der Waals surface area contributed by atoms with E-state index in [9.17, 15) is 13.6 Å². The smallest absolute Gasteiger partial charge is 0.227 e. The van der Waals surface area contributed by atoms with Crippen LogP contribution in [0.4, 0.5) is 8.78 Å². The zero-order valence-electron chi connectivity index (χ0n) is 14.8. The summed E-state index contributed by atoms with van der Waals surface area (Å²) >= 11 is 0. The molecule has 1 aromatic heterocycles. The highest BCUT2D eigenvalue weighted by atomic mass is 35.5. The van der Waals surface area contributed by atoms with Crippen molar-refractivity contribution in [2.75, 3.05) is 13.1 Å². The van der Waals surface area contributed by atoms with Crippen molar-refractivity contribution >= 4 is 30.7 Å². The molecule has 148 valence electrons. The summed E-state index contributed by atoms with van der Waals surface area (Å²) in [5.41, 5.74) is 1.55. The molecule has 0 saturated carbocycles. The van der Waals surface area contributed by atoms with Gasteiger partial charge in [0.05, 0.1) is 5.92 Å². The highest BCUT2D eigenvalue weighted by molar-refractivity contribution is 5.85. The van der Waals surface area contributed by atoms with Gasteiger partial charge < -0.3 is 10.6 Å². The Morgan fingerprint density at radius 3 is 2.70 bits per heavy atom. The Morgan fingerprint density at radius 1 is 1.26 bits per heavy atom. The molecule has 0 aliphatic carbocycles. The van der Waals surface area contributed by atoms with Crippen LogP contribution in [0.2, 0.25) is 0 Å². The Morgan fingerprint density at radius 2 is 2.04 bits per heavy atom. The van der Waals surface area contributed by atoms with Crippen molar-refractivity contribution in [3.8, 4) is 0 Å². The molecule has 1 amide bonds.